The van der Waals surface area contributed by atoms with Crippen molar-refractivity contribution in [1.29, 1.82) is 0 Å². The van der Waals surface area contributed by atoms with E-state index in [0.29, 0.717) is 12.1 Å². The van der Waals surface area contributed by atoms with Crippen molar-refractivity contribution < 1.29 is 9.60 Å². The number of amidine groups is 1. The van der Waals surface area contributed by atoms with Crippen molar-refractivity contribution in [1.82, 2.24) is 9.55 Å². The Morgan fingerprint density at radius 1 is 1.56 bits per heavy atom. The molecule has 5 nitrogen and oxygen atoms in total. The van der Waals surface area contributed by atoms with Crippen molar-refractivity contribution in [2.45, 2.75) is 13.5 Å². The summed E-state index contributed by atoms with van der Waals surface area (Å²) in [5.41, 5.74) is 5.96. The lowest BCUT2D eigenvalue weighted by Crippen LogP contribution is -2.16. The van der Waals surface area contributed by atoms with Crippen LogP contribution in [0.2, 0.25) is 0 Å². The van der Waals surface area contributed by atoms with Gasteiger partial charge in [-0.2, -0.15) is 0 Å². The van der Waals surface area contributed by atoms with Crippen LogP contribution in [-0.2, 0) is 6.54 Å². The SMILES string of the molecule is Cc1nccn1Cc1cccc(/C(N)=N/O)c1F. The second kappa shape index (κ2) is 4.87. The van der Waals surface area contributed by atoms with Crippen LogP contribution < -0.4 is 5.73 Å². The first-order valence-electron chi connectivity index (χ1n) is 5.36. The van der Waals surface area contributed by atoms with Crippen LogP contribution >= 0.6 is 0 Å². The molecule has 0 saturated heterocycles. The molecule has 0 radical (unpaired) electrons. The molecular weight excluding hydrogens is 235 g/mol. The van der Waals surface area contributed by atoms with Gasteiger partial charge in [-0.1, -0.05) is 17.3 Å². The highest BCUT2D eigenvalue weighted by molar-refractivity contribution is 5.97. The van der Waals surface area contributed by atoms with E-state index in [4.69, 9.17) is 10.9 Å². The third kappa shape index (κ3) is 2.17. The predicted molar refractivity (Wildman–Crippen MR) is 65.0 cm³/mol. The highest BCUT2D eigenvalue weighted by Gasteiger charge is 2.12. The quantitative estimate of drug-likeness (QED) is 0.374. The summed E-state index contributed by atoms with van der Waals surface area (Å²) in [5.74, 6) is 0.0706. The van der Waals surface area contributed by atoms with Gasteiger partial charge < -0.3 is 15.5 Å². The number of oxime groups is 1. The van der Waals surface area contributed by atoms with Gasteiger partial charge in [0.05, 0.1) is 12.1 Å². The average Bonchev–Trinajstić information content (AvgIpc) is 2.77. The van der Waals surface area contributed by atoms with E-state index in [1.165, 1.54) is 6.07 Å². The summed E-state index contributed by atoms with van der Waals surface area (Å²) in [6.07, 6.45) is 3.42. The number of rotatable bonds is 3. The Morgan fingerprint density at radius 3 is 2.94 bits per heavy atom. The fraction of sp³-hybridized carbons (Fsp3) is 0.167. The molecule has 1 heterocycles. The van der Waals surface area contributed by atoms with E-state index in [0.717, 1.165) is 5.82 Å². The number of nitrogens with two attached hydrogens (primary N) is 1. The fourth-order valence-electron chi connectivity index (χ4n) is 1.71. The van der Waals surface area contributed by atoms with Crippen molar-refractivity contribution in [2.24, 2.45) is 10.9 Å². The molecule has 94 valence electrons. The Labute approximate surface area is 103 Å². The van der Waals surface area contributed by atoms with Crippen LogP contribution in [0.1, 0.15) is 17.0 Å². The number of aromatic nitrogens is 2. The summed E-state index contributed by atoms with van der Waals surface area (Å²) in [6.45, 7) is 2.19. The largest absolute Gasteiger partial charge is 0.409 e. The summed E-state index contributed by atoms with van der Waals surface area (Å²) in [6, 6.07) is 4.79. The lowest BCUT2D eigenvalue weighted by atomic mass is 10.1. The number of nitrogens with zero attached hydrogens (tertiary/aromatic N) is 3. The maximum atomic E-state index is 14.1. The van der Waals surface area contributed by atoms with E-state index >= 15 is 0 Å². The number of halogens is 1. The van der Waals surface area contributed by atoms with Crippen LogP contribution in [-0.4, -0.2) is 20.6 Å². The molecule has 6 heteroatoms. The van der Waals surface area contributed by atoms with Gasteiger partial charge in [-0.05, 0) is 13.0 Å². The van der Waals surface area contributed by atoms with Gasteiger partial charge in [0.15, 0.2) is 5.84 Å². The molecule has 1 aromatic heterocycles. The monoisotopic (exact) mass is 248 g/mol. The number of hydrogen-bond donors (Lipinski definition) is 2. The zero-order valence-corrected chi connectivity index (χ0v) is 9.84. The molecule has 0 atom stereocenters. The van der Waals surface area contributed by atoms with E-state index in [2.05, 4.69) is 10.1 Å². The molecule has 0 aliphatic heterocycles. The van der Waals surface area contributed by atoms with Crippen LogP contribution in [0.3, 0.4) is 0 Å². The first kappa shape index (κ1) is 12.1. The summed E-state index contributed by atoms with van der Waals surface area (Å²) < 4.78 is 15.9. The summed E-state index contributed by atoms with van der Waals surface area (Å²) >= 11 is 0. The Hall–Kier alpha value is -2.37. The summed E-state index contributed by atoms with van der Waals surface area (Å²) in [5, 5.41) is 11.4. The lowest BCUT2D eigenvalue weighted by molar-refractivity contribution is 0.318. The molecule has 18 heavy (non-hydrogen) atoms. The van der Waals surface area contributed by atoms with E-state index in [1.807, 2.05) is 11.5 Å². The van der Waals surface area contributed by atoms with E-state index in [-0.39, 0.29) is 11.4 Å². The highest BCUT2D eigenvalue weighted by atomic mass is 19.1. The minimum Gasteiger partial charge on any atom is -0.409 e. The maximum Gasteiger partial charge on any atom is 0.173 e. The zero-order chi connectivity index (χ0) is 13.1. The third-order valence-electron chi connectivity index (χ3n) is 2.73. The molecule has 3 N–H and O–H groups in total. The Bertz CT molecular complexity index is 592. The second-order valence-corrected chi connectivity index (χ2v) is 3.87. The Morgan fingerprint density at radius 2 is 2.33 bits per heavy atom. The summed E-state index contributed by atoms with van der Waals surface area (Å²) in [4.78, 5) is 4.07. The molecule has 0 amide bonds. The first-order valence-corrected chi connectivity index (χ1v) is 5.36. The molecule has 0 spiro atoms. The van der Waals surface area contributed by atoms with Gasteiger partial charge in [-0.15, -0.1) is 0 Å². The van der Waals surface area contributed by atoms with Crippen LogP contribution in [0.5, 0.6) is 0 Å². The second-order valence-electron chi connectivity index (χ2n) is 3.87. The van der Waals surface area contributed by atoms with Gasteiger partial charge in [0, 0.05) is 18.0 Å². The van der Waals surface area contributed by atoms with Crippen molar-refractivity contribution in [3.63, 3.8) is 0 Å². The minimum atomic E-state index is -0.485. The smallest absolute Gasteiger partial charge is 0.173 e. The van der Waals surface area contributed by atoms with Gasteiger partial charge in [-0.3, -0.25) is 0 Å². The van der Waals surface area contributed by atoms with Crippen molar-refractivity contribution >= 4 is 5.84 Å². The number of imidazole rings is 1. The molecule has 0 unspecified atom stereocenters. The van der Waals surface area contributed by atoms with Gasteiger partial charge in [-0.25, -0.2) is 9.37 Å². The van der Waals surface area contributed by atoms with Crippen molar-refractivity contribution in [2.75, 3.05) is 0 Å². The first-order chi connectivity index (χ1) is 8.63. The van der Waals surface area contributed by atoms with Crippen LogP contribution in [0, 0.1) is 12.7 Å². The maximum absolute atomic E-state index is 14.1. The molecule has 0 saturated carbocycles. The topological polar surface area (TPSA) is 76.4 Å². The minimum absolute atomic E-state index is 0.0905. The van der Waals surface area contributed by atoms with Crippen LogP contribution in [0.15, 0.2) is 35.7 Å². The molecule has 1 aromatic carbocycles. The van der Waals surface area contributed by atoms with Crippen molar-refractivity contribution in [3.05, 3.63) is 53.4 Å². The van der Waals surface area contributed by atoms with E-state index < -0.39 is 5.82 Å². The molecule has 0 fully saturated rings. The van der Waals surface area contributed by atoms with Gasteiger partial charge >= 0.3 is 0 Å². The van der Waals surface area contributed by atoms with Gasteiger partial charge in [0.1, 0.15) is 11.6 Å². The standard InChI is InChI=1S/C12H13FN4O/c1-8-15-5-6-17(8)7-9-3-2-4-10(11(9)13)12(14)16-18/h2-6,18H,7H2,1H3,(H2,14,16). The highest BCUT2D eigenvalue weighted by Crippen LogP contribution is 2.14. The number of hydrogen-bond acceptors (Lipinski definition) is 3. The number of aryl methyl sites for hydroxylation is 1. The lowest BCUT2D eigenvalue weighted by Gasteiger charge is -2.09. The molecule has 2 rings (SSSR count). The molecule has 0 aliphatic carbocycles. The Balaban J connectivity index is 2.38. The molecule has 2 aromatic rings. The molecular formula is C12H13FN4O. The normalized spacial score (nSPS) is 11.8. The predicted octanol–water partition coefficient (Wildman–Crippen LogP) is 1.47. The Kier molecular flexibility index (Phi) is 3.27. The van der Waals surface area contributed by atoms with Gasteiger partial charge in [0.25, 0.3) is 0 Å². The van der Waals surface area contributed by atoms with Gasteiger partial charge in [0.2, 0.25) is 0 Å². The van der Waals surface area contributed by atoms with Crippen LogP contribution in [0.25, 0.3) is 0 Å². The van der Waals surface area contributed by atoms with Crippen LogP contribution in [0.4, 0.5) is 4.39 Å². The van der Waals surface area contributed by atoms with E-state index in [9.17, 15) is 4.39 Å². The molecule has 0 bridgehead atoms. The van der Waals surface area contributed by atoms with E-state index in [1.54, 1.807) is 24.5 Å². The van der Waals surface area contributed by atoms with Crippen molar-refractivity contribution in [3.8, 4) is 0 Å². The fourth-order valence-corrected chi connectivity index (χ4v) is 1.71. The average molecular weight is 248 g/mol. The third-order valence-corrected chi connectivity index (χ3v) is 2.73. The molecule has 0 aliphatic rings. The number of benzene rings is 1. The summed E-state index contributed by atoms with van der Waals surface area (Å²) in [7, 11) is 0. The zero-order valence-electron chi connectivity index (χ0n) is 9.84.